The van der Waals surface area contributed by atoms with E-state index < -0.39 is 15.8 Å². The van der Waals surface area contributed by atoms with Crippen molar-refractivity contribution in [1.82, 2.24) is 5.43 Å². The van der Waals surface area contributed by atoms with E-state index in [1.54, 1.807) is 6.21 Å². The summed E-state index contributed by atoms with van der Waals surface area (Å²) in [5, 5.41) is 3.86. The fraction of sp³-hybridized carbons (Fsp3) is 0.385. The molecule has 0 radical (unpaired) electrons. The third-order valence-electron chi connectivity index (χ3n) is 3.03. The summed E-state index contributed by atoms with van der Waals surface area (Å²) in [7, 11) is -3.04. The number of hydrogen-bond acceptors (Lipinski definition) is 4. The monoisotopic (exact) mass is 280 g/mol. The zero-order chi connectivity index (χ0) is 13.9. The minimum absolute atomic E-state index is 0.0706. The highest BCUT2D eigenvalue weighted by Gasteiger charge is 2.32. The van der Waals surface area contributed by atoms with Gasteiger partial charge >= 0.3 is 0 Å². The lowest BCUT2D eigenvalue weighted by Crippen LogP contribution is -2.27. The maximum atomic E-state index is 11.7. The van der Waals surface area contributed by atoms with Crippen LogP contribution in [-0.4, -0.2) is 32.0 Å². The van der Waals surface area contributed by atoms with E-state index >= 15 is 0 Å². The van der Waals surface area contributed by atoms with Crippen LogP contribution in [0.15, 0.2) is 29.4 Å². The summed E-state index contributed by atoms with van der Waals surface area (Å²) in [4.78, 5) is 11.7. The summed E-state index contributed by atoms with van der Waals surface area (Å²) < 4.78 is 22.5. The van der Waals surface area contributed by atoms with E-state index in [4.69, 9.17) is 0 Å². The van der Waals surface area contributed by atoms with Crippen molar-refractivity contribution in [3.05, 3.63) is 35.4 Å². The molecule has 1 atom stereocenters. The molecule has 1 heterocycles. The van der Waals surface area contributed by atoms with E-state index in [0.717, 1.165) is 11.1 Å². The second-order valence-corrected chi connectivity index (χ2v) is 6.98. The van der Waals surface area contributed by atoms with Crippen LogP contribution in [0.5, 0.6) is 0 Å². The van der Waals surface area contributed by atoms with Gasteiger partial charge in [-0.25, -0.2) is 13.8 Å². The van der Waals surface area contributed by atoms with E-state index in [1.165, 1.54) is 0 Å². The summed E-state index contributed by atoms with van der Waals surface area (Å²) in [6, 6.07) is 7.69. The molecule has 0 aliphatic carbocycles. The molecule has 0 unspecified atom stereocenters. The number of sulfone groups is 1. The third-order valence-corrected chi connectivity index (χ3v) is 4.80. The average Bonchev–Trinajstić information content (AvgIpc) is 2.70. The van der Waals surface area contributed by atoms with Crippen molar-refractivity contribution in [2.75, 3.05) is 11.5 Å². The molecule has 1 saturated heterocycles. The Hall–Kier alpha value is -1.69. The van der Waals surface area contributed by atoms with Crippen molar-refractivity contribution in [2.24, 2.45) is 11.0 Å². The molecule has 1 aliphatic rings. The number of amides is 1. The quantitative estimate of drug-likeness (QED) is 0.659. The maximum absolute atomic E-state index is 11.7. The van der Waals surface area contributed by atoms with Crippen LogP contribution in [-0.2, 0) is 14.6 Å². The number of nitrogens with one attached hydrogen (secondary N) is 1. The maximum Gasteiger partial charge on any atom is 0.244 e. The number of nitrogens with zero attached hydrogens (tertiary/aromatic N) is 1. The molecule has 19 heavy (non-hydrogen) atoms. The Morgan fingerprint density at radius 1 is 1.47 bits per heavy atom. The topological polar surface area (TPSA) is 75.6 Å². The second-order valence-electron chi connectivity index (χ2n) is 4.75. The summed E-state index contributed by atoms with van der Waals surface area (Å²) in [5.41, 5.74) is 4.39. The van der Waals surface area contributed by atoms with Crippen LogP contribution in [0.1, 0.15) is 17.5 Å². The highest BCUT2D eigenvalue weighted by Crippen LogP contribution is 2.18. The van der Waals surface area contributed by atoms with Crippen molar-refractivity contribution < 1.29 is 13.2 Å². The van der Waals surface area contributed by atoms with Gasteiger partial charge in [0.25, 0.3) is 0 Å². The third kappa shape index (κ3) is 3.89. The number of hydrazone groups is 1. The van der Waals surface area contributed by atoms with Gasteiger partial charge in [0.05, 0.1) is 23.6 Å². The zero-order valence-electron chi connectivity index (χ0n) is 10.7. The van der Waals surface area contributed by atoms with Crippen molar-refractivity contribution in [2.45, 2.75) is 13.3 Å². The molecule has 102 valence electrons. The number of rotatable bonds is 3. The Morgan fingerprint density at radius 2 is 2.26 bits per heavy atom. The van der Waals surface area contributed by atoms with Gasteiger partial charge in [-0.3, -0.25) is 4.79 Å². The molecule has 5 nitrogen and oxygen atoms in total. The van der Waals surface area contributed by atoms with Gasteiger partial charge in [-0.1, -0.05) is 29.8 Å². The molecule has 0 bridgehead atoms. The normalized spacial score (nSPS) is 21.6. The lowest BCUT2D eigenvalue weighted by atomic mass is 10.1. The van der Waals surface area contributed by atoms with Crippen LogP contribution < -0.4 is 5.43 Å². The number of hydrogen-bond donors (Lipinski definition) is 1. The molecule has 1 N–H and O–H groups in total. The Morgan fingerprint density at radius 3 is 2.89 bits per heavy atom. The molecule has 1 fully saturated rings. The van der Waals surface area contributed by atoms with Crippen molar-refractivity contribution in [1.29, 1.82) is 0 Å². The number of benzene rings is 1. The average molecular weight is 280 g/mol. The van der Waals surface area contributed by atoms with Gasteiger partial charge in [-0.05, 0) is 18.9 Å². The smallest absolute Gasteiger partial charge is 0.244 e. The van der Waals surface area contributed by atoms with Gasteiger partial charge in [-0.2, -0.15) is 5.10 Å². The lowest BCUT2D eigenvalue weighted by molar-refractivity contribution is -0.124. The molecule has 0 saturated carbocycles. The molecule has 1 aromatic carbocycles. The summed E-state index contributed by atoms with van der Waals surface area (Å²) in [6.45, 7) is 1.97. The molecule has 6 heteroatoms. The predicted octanol–water partition coefficient (Wildman–Crippen LogP) is 0.880. The fourth-order valence-electron chi connectivity index (χ4n) is 2.01. The highest BCUT2D eigenvalue weighted by molar-refractivity contribution is 7.91. The van der Waals surface area contributed by atoms with Crippen LogP contribution in [0.3, 0.4) is 0 Å². The first-order valence-corrected chi connectivity index (χ1v) is 7.88. The number of aryl methyl sites for hydroxylation is 1. The molecule has 1 amide bonds. The van der Waals surface area contributed by atoms with Gasteiger partial charge in [0.15, 0.2) is 9.84 Å². The SMILES string of the molecule is Cc1cccc(/C=N\NC(=O)[C@@H]2CCS(=O)(=O)C2)c1. The predicted molar refractivity (Wildman–Crippen MR) is 73.7 cm³/mol. The van der Waals surface area contributed by atoms with E-state index in [9.17, 15) is 13.2 Å². The summed E-state index contributed by atoms with van der Waals surface area (Å²) in [5.74, 6) is -0.782. The van der Waals surface area contributed by atoms with Crippen LogP contribution in [0.2, 0.25) is 0 Å². The minimum atomic E-state index is -3.04. The Balaban J connectivity index is 1.91. The van der Waals surface area contributed by atoms with Crippen LogP contribution in [0.25, 0.3) is 0 Å². The first-order chi connectivity index (χ1) is 8.96. The number of carbonyl (C=O) groups excluding carboxylic acids is 1. The first kappa shape index (κ1) is 13.7. The van der Waals surface area contributed by atoms with Crippen molar-refractivity contribution in [3.8, 4) is 0 Å². The Labute approximate surface area is 112 Å². The molecule has 1 aliphatic heterocycles. The standard InChI is InChI=1S/C13H16N2O3S/c1-10-3-2-4-11(7-10)8-14-15-13(16)12-5-6-19(17,18)9-12/h2-4,7-8,12H,5-6,9H2,1H3,(H,15,16)/b14-8-/t12-/m1/s1. The van der Waals surface area contributed by atoms with Gasteiger partial charge in [0, 0.05) is 0 Å². The second kappa shape index (κ2) is 5.52. The summed E-state index contributed by atoms with van der Waals surface area (Å²) in [6.07, 6.45) is 1.93. The van der Waals surface area contributed by atoms with Gasteiger partial charge in [-0.15, -0.1) is 0 Å². The van der Waals surface area contributed by atoms with Crippen molar-refractivity contribution >= 4 is 22.0 Å². The van der Waals surface area contributed by atoms with Crippen LogP contribution >= 0.6 is 0 Å². The van der Waals surface area contributed by atoms with Crippen LogP contribution in [0.4, 0.5) is 0 Å². The van der Waals surface area contributed by atoms with E-state index in [0.29, 0.717) is 6.42 Å². The highest BCUT2D eigenvalue weighted by atomic mass is 32.2. The van der Waals surface area contributed by atoms with Gasteiger partial charge < -0.3 is 0 Å². The van der Waals surface area contributed by atoms with E-state index in [-0.39, 0.29) is 17.4 Å². The zero-order valence-corrected chi connectivity index (χ0v) is 11.5. The van der Waals surface area contributed by atoms with Crippen molar-refractivity contribution in [3.63, 3.8) is 0 Å². The molecule has 0 aromatic heterocycles. The fourth-order valence-corrected chi connectivity index (χ4v) is 3.76. The molecule has 1 aromatic rings. The molecular formula is C13H16N2O3S. The van der Waals surface area contributed by atoms with Crippen LogP contribution in [0, 0.1) is 12.8 Å². The molecule has 0 spiro atoms. The minimum Gasteiger partial charge on any atom is -0.273 e. The Kier molecular flexibility index (Phi) is 3.99. The van der Waals surface area contributed by atoms with E-state index in [2.05, 4.69) is 10.5 Å². The van der Waals surface area contributed by atoms with E-state index in [1.807, 2.05) is 31.2 Å². The number of carbonyl (C=O) groups is 1. The molecular weight excluding hydrogens is 264 g/mol. The largest absolute Gasteiger partial charge is 0.273 e. The lowest BCUT2D eigenvalue weighted by Gasteiger charge is -2.04. The van der Waals surface area contributed by atoms with Gasteiger partial charge in [0.2, 0.25) is 5.91 Å². The van der Waals surface area contributed by atoms with Gasteiger partial charge in [0.1, 0.15) is 0 Å². The first-order valence-electron chi connectivity index (χ1n) is 6.06. The summed E-state index contributed by atoms with van der Waals surface area (Å²) >= 11 is 0. The molecule has 2 rings (SSSR count). The Bertz CT molecular complexity index is 608.